The third-order valence-electron chi connectivity index (χ3n) is 4.27. The monoisotopic (exact) mass is 419 g/mol. The maximum atomic E-state index is 12.5. The summed E-state index contributed by atoms with van der Waals surface area (Å²) < 4.78 is 34.7. The molecule has 3 N–H and O–H groups in total. The van der Waals surface area contributed by atoms with Crippen LogP contribution in [0.4, 0.5) is 4.79 Å². The van der Waals surface area contributed by atoms with E-state index in [9.17, 15) is 13.2 Å². The van der Waals surface area contributed by atoms with E-state index in [2.05, 4.69) is 12.6 Å². The molecule has 2 rings (SSSR count). The van der Waals surface area contributed by atoms with E-state index in [0.717, 1.165) is 9.87 Å². The molecule has 1 aromatic rings. The molecule has 1 saturated heterocycles. The van der Waals surface area contributed by atoms with Crippen molar-refractivity contribution in [3.8, 4) is 5.75 Å². The van der Waals surface area contributed by atoms with Gasteiger partial charge in [0.05, 0.1) is 19.8 Å². The lowest BCUT2D eigenvalue weighted by Gasteiger charge is -2.28. The van der Waals surface area contributed by atoms with Crippen LogP contribution in [0, 0.1) is 0 Å². The van der Waals surface area contributed by atoms with Gasteiger partial charge < -0.3 is 19.5 Å². The van der Waals surface area contributed by atoms with Crippen molar-refractivity contribution in [1.82, 2.24) is 9.21 Å². The summed E-state index contributed by atoms with van der Waals surface area (Å²) in [5.41, 5.74) is 0.800. The van der Waals surface area contributed by atoms with E-state index in [1.165, 1.54) is 4.90 Å². The molecule has 0 aromatic heterocycles. The number of rotatable bonds is 8. The van der Waals surface area contributed by atoms with Crippen molar-refractivity contribution >= 4 is 28.9 Å². The fourth-order valence-corrected chi connectivity index (χ4v) is 4.04. The number of aliphatic hydroxyl groups is 1. The highest BCUT2D eigenvalue weighted by Gasteiger charge is 2.37. The molecule has 0 aliphatic carbocycles. The summed E-state index contributed by atoms with van der Waals surface area (Å²) in [4.78, 5) is 13.9. The molecule has 0 unspecified atom stereocenters. The Morgan fingerprint density at radius 3 is 2.63 bits per heavy atom. The van der Waals surface area contributed by atoms with Crippen LogP contribution in [0.3, 0.4) is 0 Å². The molecule has 0 radical (unpaired) electrons. The predicted molar refractivity (Wildman–Crippen MR) is 103 cm³/mol. The van der Waals surface area contributed by atoms with Crippen molar-refractivity contribution in [1.29, 1.82) is 0 Å². The lowest BCUT2D eigenvalue weighted by molar-refractivity contribution is 0.0882. The Balaban J connectivity index is 1.99. The van der Waals surface area contributed by atoms with Gasteiger partial charge in [-0.2, -0.15) is 25.4 Å². The second-order valence-corrected chi connectivity index (χ2v) is 8.50. The molecule has 0 bridgehead atoms. The lowest BCUT2D eigenvalue weighted by Crippen LogP contribution is -2.48. The second-order valence-electron chi connectivity index (χ2n) is 6.22. The van der Waals surface area contributed by atoms with Crippen molar-refractivity contribution in [2.75, 3.05) is 33.4 Å². The molecular formula is C16H25N3O6S2. The zero-order valence-electron chi connectivity index (χ0n) is 15.0. The van der Waals surface area contributed by atoms with Crippen LogP contribution >= 0.6 is 12.6 Å². The third-order valence-corrected chi connectivity index (χ3v) is 5.70. The van der Waals surface area contributed by atoms with E-state index < -0.39 is 22.3 Å². The van der Waals surface area contributed by atoms with E-state index >= 15 is 0 Å². The van der Waals surface area contributed by atoms with Gasteiger partial charge in [0.15, 0.2) is 0 Å². The number of amides is 1. The molecular weight excluding hydrogens is 394 g/mol. The number of thiol groups is 1. The Labute approximate surface area is 164 Å². The van der Waals surface area contributed by atoms with Gasteiger partial charge >= 0.3 is 6.09 Å². The Kier molecular flexibility index (Phi) is 7.74. The number of carbonyl (C=O) groups excluding carboxylic acids is 1. The van der Waals surface area contributed by atoms with Crippen LogP contribution in [0.25, 0.3) is 0 Å². The zero-order chi connectivity index (χ0) is 20.0. The van der Waals surface area contributed by atoms with Gasteiger partial charge in [0, 0.05) is 24.9 Å². The van der Waals surface area contributed by atoms with Gasteiger partial charge in [0.25, 0.3) is 10.2 Å². The topological polar surface area (TPSA) is 122 Å². The second kappa shape index (κ2) is 9.60. The molecule has 1 amide bonds. The van der Waals surface area contributed by atoms with Gasteiger partial charge in [-0.25, -0.2) is 9.93 Å². The summed E-state index contributed by atoms with van der Waals surface area (Å²) in [5, 5.41) is 14.1. The first kappa shape index (κ1) is 21.8. The minimum Gasteiger partial charge on any atom is -0.497 e. The smallest absolute Gasteiger partial charge is 0.410 e. The predicted octanol–water partition coefficient (Wildman–Crippen LogP) is 0.202. The van der Waals surface area contributed by atoms with Crippen LogP contribution in [0.2, 0.25) is 0 Å². The summed E-state index contributed by atoms with van der Waals surface area (Å²) >= 11 is 4.40. The van der Waals surface area contributed by atoms with E-state index in [1.54, 1.807) is 31.4 Å². The lowest BCUT2D eigenvalue weighted by atomic mass is 10.2. The number of carbonyl (C=O) groups is 1. The molecule has 1 aromatic carbocycles. The van der Waals surface area contributed by atoms with Gasteiger partial charge in [-0.1, -0.05) is 12.1 Å². The number of methoxy groups -OCH3 is 1. The molecule has 152 valence electrons. The molecule has 11 heteroatoms. The van der Waals surface area contributed by atoms with Crippen LogP contribution in [0.5, 0.6) is 5.75 Å². The van der Waals surface area contributed by atoms with E-state index in [-0.39, 0.29) is 31.6 Å². The van der Waals surface area contributed by atoms with Crippen molar-refractivity contribution in [3.05, 3.63) is 29.8 Å². The summed E-state index contributed by atoms with van der Waals surface area (Å²) in [6.45, 7) is -0.101. The van der Waals surface area contributed by atoms with Crippen LogP contribution in [-0.4, -0.2) is 73.5 Å². The third kappa shape index (κ3) is 6.25. The number of benzene rings is 1. The van der Waals surface area contributed by atoms with Crippen LogP contribution < -0.4 is 9.88 Å². The van der Waals surface area contributed by atoms with Crippen LogP contribution in [0.1, 0.15) is 12.0 Å². The first-order chi connectivity index (χ1) is 12.7. The highest BCUT2D eigenvalue weighted by molar-refractivity contribution is 7.86. The van der Waals surface area contributed by atoms with Gasteiger partial charge in [0.2, 0.25) is 0 Å². The minimum absolute atomic E-state index is 0.0198. The van der Waals surface area contributed by atoms with Gasteiger partial charge in [-0.3, -0.25) is 0 Å². The maximum Gasteiger partial charge on any atom is 0.410 e. The number of nitrogens with two attached hydrogens (primary N) is 1. The first-order valence-electron chi connectivity index (χ1n) is 8.37. The fraction of sp³-hybridized carbons (Fsp3) is 0.562. The molecule has 27 heavy (non-hydrogen) atoms. The Morgan fingerprint density at radius 2 is 2.07 bits per heavy atom. The largest absolute Gasteiger partial charge is 0.497 e. The number of ether oxygens (including phenoxy) is 2. The Hall–Kier alpha value is -1.53. The molecule has 0 spiro atoms. The molecule has 2 atom stereocenters. The molecule has 9 nitrogen and oxygen atoms in total. The zero-order valence-corrected chi connectivity index (χ0v) is 16.7. The number of hydrogen-bond donors (Lipinski definition) is 3. The number of nitrogens with zero attached hydrogens (tertiary/aromatic N) is 2. The SMILES string of the molecule is COc1ccc(COC(=O)N2C[C@@H](S)C[C@H]2CN(CCO)S(N)(=O)=O)cc1. The van der Waals surface area contributed by atoms with E-state index in [0.29, 0.717) is 18.7 Å². The van der Waals surface area contributed by atoms with Crippen LogP contribution in [0.15, 0.2) is 24.3 Å². The average molecular weight is 420 g/mol. The Bertz CT molecular complexity index is 728. The highest BCUT2D eigenvalue weighted by Crippen LogP contribution is 2.24. The minimum atomic E-state index is -3.99. The van der Waals surface area contributed by atoms with Crippen molar-refractivity contribution in [2.45, 2.75) is 24.3 Å². The molecule has 1 heterocycles. The van der Waals surface area contributed by atoms with Crippen molar-refractivity contribution in [3.63, 3.8) is 0 Å². The van der Waals surface area contributed by atoms with Crippen molar-refractivity contribution < 1.29 is 27.8 Å². The first-order valence-corrected chi connectivity index (χ1v) is 10.4. The summed E-state index contributed by atoms with van der Waals surface area (Å²) in [7, 11) is -2.42. The normalized spacial score (nSPS) is 20.1. The molecule has 1 aliphatic heterocycles. The number of aliphatic hydroxyl groups excluding tert-OH is 1. The number of likely N-dealkylation sites (tertiary alicyclic amines) is 1. The maximum absolute atomic E-state index is 12.5. The standard InChI is InChI=1S/C16H25N3O6S2/c1-24-14-4-2-12(3-5-14)11-25-16(21)19-10-15(26)8-13(19)9-18(6-7-20)27(17,22)23/h2-5,13,15,20,26H,6-11H2,1H3,(H2,17,22,23)/t13-,15-/m0/s1. The van der Waals surface area contributed by atoms with Gasteiger partial charge in [-0.15, -0.1) is 0 Å². The average Bonchev–Trinajstić information content (AvgIpc) is 2.99. The Morgan fingerprint density at radius 1 is 1.41 bits per heavy atom. The van der Waals surface area contributed by atoms with E-state index in [1.807, 2.05) is 0 Å². The molecule has 0 saturated carbocycles. The van der Waals surface area contributed by atoms with Gasteiger partial charge in [0.1, 0.15) is 12.4 Å². The quantitative estimate of drug-likeness (QED) is 0.518. The summed E-state index contributed by atoms with van der Waals surface area (Å²) in [6.07, 6.45) is -0.0520. The van der Waals surface area contributed by atoms with E-state index in [4.69, 9.17) is 19.7 Å². The number of hydrogen-bond acceptors (Lipinski definition) is 7. The van der Waals surface area contributed by atoms with Crippen LogP contribution in [-0.2, 0) is 21.6 Å². The summed E-state index contributed by atoms with van der Waals surface area (Å²) in [6, 6.07) is 6.69. The van der Waals surface area contributed by atoms with Crippen molar-refractivity contribution in [2.24, 2.45) is 5.14 Å². The molecule has 1 fully saturated rings. The fourth-order valence-electron chi connectivity index (χ4n) is 2.91. The van der Waals surface area contributed by atoms with Gasteiger partial charge in [-0.05, 0) is 24.1 Å². The molecule has 1 aliphatic rings. The summed E-state index contributed by atoms with van der Waals surface area (Å²) in [5.74, 6) is 0.703. The highest BCUT2D eigenvalue weighted by atomic mass is 32.2.